The Labute approximate surface area is 131 Å². The van der Waals surface area contributed by atoms with E-state index >= 15 is 0 Å². The summed E-state index contributed by atoms with van der Waals surface area (Å²) in [7, 11) is 0. The van der Waals surface area contributed by atoms with E-state index < -0.39 is 0 Å². The van der Waals surface area contributed by atoms with Crippen molar-refractivity contribution >= 4 is 12.0 Å². The minimum Gasteiger partial charge on any atom is -0.339 e. The summed E-state index contributed by atoms with van der Waals surface area (Å²) in [5.41, 5.74) is 2.31. The topological polar surface area (TPSA) is 33.2 Å². The summed E-state index contributed by atoms with van der Waals surface area (Å²) in [5, 5.41) is 0. The second-order valence-electron chi connectivity index (χ2n) is 5.75. The Bertz CT molecular complexity index is 637. The van der Waals surface area contributed by atoms with Gasteiger partial charge in [0.15, 0.2) is 0 Å². The van der Waals surface area contributed by atoms with Gasteiger partial charge < -0.3 is 4.90 Å². The van der Waals surface area contributed by atoms with Gasteiger partial charge in [-0.2, -0.15) is 0 Å². The van der Waals surface area contributed by atoms with Gasteiger partial charge in [0.2, 0.25) is 5.91 Å². The van der Waals surface area contributed by atoms with Gasteiger partial charge in [-0.05, 0) is 42.0 Å². The van der Waals surface area contributed by atoms with Crippen molar-refractivity contribution in [2.24, 2.45) is 5.92 Å². The third kappa shape index (κ3) is 3.82. The number of carbonyl (C=O) groups excluding carboxylic acids is 1. The molecule has 1 aliphatic rings. The summed E-state index contributed by atoms with van der Waals surface area (Å²) in [5.74, 6) is 0.664. The van der Waals surface area contributed by atoms with Crippen molar-refractivity contribution in [3.63, 3.8) is 0 Å². The quantitative estimate of drug-likeness (QED) is 0.811. The lowest BCUT2D eigenvalue weighted by Gasteiger charge is -2.14. The summed E-state index contributed by atoms with van der Waals surface area (Å²) in [6, 6.07) is 14.3. The van der Waals surface area contributed by atoms with Crippen LogP contribution in [0.4, 0.5) is 0 Å². The van der Waals surface area contributed by atoms with Crippen LogP contribution in [-0.2, 0) is 11.2 Å². The molecule has 22 heavy (non-hydrogen) atoms. The minimum atomic E-state index is 0.0967. The van der Waals surface area contributed by atoms with Crippen molar-refractivity contribution in [1.82, 2.24) is 9.88 Å². The number of carbonyl (C=O) groups is 1. The van der Waals surface area contributed by atoms with Gasteiger partial charge >= 0.3 is 0 Å². The lowest BCUT2D eigenvalue weighted by molar-refractivity contribution is -0.125. The summed E-state index contributed by atoms with van der Waals surface area (Å²) in [6.45, 7) is 1.71. The predicted octanol–water partition coefficient (Wildman–Crippen LogP) is 3.19. The van der Waals surface area contributed by atoms with E-state index in [0.29, 0.717) is 5.92 Å². The lowest BCUT2D eigenvalue weighted by atomic mass is 9.99. The molecule has 112 valence electrons. The third-order valence-electron chi connectivity index (χ3n) is 4.07. The van der Waals surface area contributed by atoms with Gasteiger partial charge in [0, 0.05) is 31.6 Å². The molecular weight excluding hydrogens is 272 g/mol. The number of rotatable bonds is 4. The highest BCUT2D eigenvalue weighted by Gasteiger charge is 2.24. The maximum absolute atomic E-state index is 12.2. The highest BCUT2D eigenvalue weighted by atomic mass is 16.2. The molecule has 0 unspecified atom stereocenters. The number of hydrogen-bond acceptors (Lipinski definition) is 2. The Kier molecular flexibility index (Phi) is 4.64. The standard InChI is InChI=1S/C19H20N2O/c22-19(9-8-17-7-4-11-20-14-17)21-12-10-18(15-21)13-16-5-2-1-3-6-16/h1-9,11,14,18H,10,12-13,15H2/b9-8-/t18-/m0/s1. The molecule has 0 N–H and O–H groups in total. The molecule has 1 fully saturated rings. The van der Waals surface area contributed by atoms with Crippen molar-refractivity contribution in [3.8, 4) is 0 Å². The Morgan fingerprint density at radius 2 is 2.09 bits per heavy atom. The van der Waals surface area contributed by atoms with Gasteiger partial charge in [-0.25, -0.2) is 0 Å². The maximum atomic E-state index is 12.2. The van der Waals surface area contributed by atoms with Crippen LogP contribution < -0.4 is 0 Å². The smallest absolute Gasteiger partial charge is 0.246 e. The normalized spacial score (nSPS) is 18.0. The largest absolute Gasteiger partial charge is 0.339 e. The lowest BCUT2D eigenvalue weighted by Crippen LogP contribution is -2.27. The van der Waals surface area contributed by atoms with Crippen molar-refractivity contribution in [3.05, 3.63) is 72.1 Å². The SMILES string of the molecule is O=C(/C=C\c1cccnc1)N1CC[C@@H](Cc2ccccc2)C1. The molecule has 0 bridgehead atoms. The third-order valence-corrected chi connectivity index (χ3v) is 4.07. The molecule has 0 saturated carbocycles. The van der Waals surface area contributed by atoms with Gasteiger partial charge in [0.25, 0.3) is 0 Å². The molecule has 1 amide bonds. The molecule has 0 radical (unpaired) electrons. The van der Waals surface area contributed by atoms with E-state index in [2.05, 4.69) is 29.2 Å². The van der Waals surface area contributed by atoms with Crippen molar-refractivity contribution in [1.29, 1.82) is 0 Å². The minimum absolute atomic E-state index is 0.0967. The van der Waals surface area contributed by atoms with Gasteiger partial charge in [-0.15, -0.1) is 0 Å². The summed E-state index contributed by atoms with van der Waals surface area (Å²) in [6.07, 6.45) is 9.11. The fourth-order valence-electron chi connectivity index (χ4n) is 2.89. The average Bonchev–Trinajstić information content (AvgIpc) is 3.03. The van der Waals surface area contributed by atoms with Crippen molar-refractivity contribution in [2.75, 3.05) is 13.1 Å². The molecule has 3 nitrogen and oxygen atoms in total. The van der Waals surface area contributed by atoms with Crippen LogP contribution in [0.2, 0.25) is 0 Å². The molecule has 1 aromatic heterocycles. The first kappa shape index (κ1) is 14.5. The Morgan fingerprint density at radius 1 is 1.23 bits per heavy atom. The van der Waals surface area contributed by atoms with Gasteiger partial charge in [0.1, 0.15) is 0 Å². The maximum Gasteiger partial charge on any atom is 0.246 e. The highest BCUT2D eigenvalue weighted by molar-refractivity contribution is 5.91. The number of aromatic nitrogens is 1. The van der Waals surface area contributed by atoms with Crippen LogP contribution in [0.25, 0.3) is 6.08 Å². The van der Waals surface area contributed by atoms with E-state index in [1.54, 1.807) is 18.5 Å². The van der Waals surface area contributed by atoms with E-state index in [1.807, 2.05) is 29.2 Å². The molecule has 3 rings (SSSR count). The van der Waals surface area contributed by atoms with E-state index in [0.717, 1.165) is 31.5 Å². The van der Waals surface area contributed by atoms with Crippen molar-refractivity contribution < 1.29 is 4.79 Å². The van der Waals surface area contributed by atoms with Crippen LogP contribution in [0, 0.1) is 5.92 Å². The number of nitrogens with zero attached hydrogens (tertiary/aromatic N) is 2. The highest BCUT2D eigenvalue weighted by Crippen LogP contribution is 2.21. The molecule has 1 saturated heterocycles. The molecule has 3 heteroatoms. The summed E-state index contributed by atoms with van der Waals surface area (Å²) < 4.78 is 0. The van der Waals surface area contributed by atoms with Gasteiger partial charge in [-0.1, -0.05) is 36.4 Å². The van der Waals surface area contributed by atoms with E-state index in [-0.39, 0.29) is 5.91 Å². The zero-order valence-corrected chi connectivity index (χ0v) is 12.6. The van der Waals surface area contributed by atoms with E-state index in [1.165, 1.54) is 5.56 Å². The fourth-order valence-corrected chi connectivity index (χ4v) is 2.89. The Morgan fingerprint density at radius 3 is 2.86 bits per heavy atom. The monoisotopic (exact) mass is 292 g/mol. The molecular formula is C19H20N2O. The van der Waals surface area contributed by atoms with Crippen LogP contribution in [-0.4, -0.2) is 28.9 Å². The number of pyridine rings is 1. The first-order valence-electron chi connectivity index (χ1n) is 7.72. The Balaban J connectivity index is 1.54. The molecule has 2 heterocycles. The predicted molar refractivity (Wildman–Crippen MR) is 88.1 cm³/mol. The number of likely N-dealkylation sites (tertiary alicyclic amines) is 1. The van der Waals surface area contributed by atoms with Gasteiger partial charge in [0.05, 0.1) is 0 Å². The van der Waals surface area contributed by atoms with Crippen LogP contribution in [0.3, 0.4) is 0 Å². The second kappa shape index (κ2) is 7.03. The van der Waals surface area contributed by atoms with Crippen LogP contribution in [0.5, 0.6) is 0 Å². The number of hydrogen-bond donors (Lipinski definition) is 0. The molecule has 2 aromatic rings. The van der Waals surface area contributed by atoms with Gasteiger partial charge in [-0.3, -0.25) is 9.78 Å². The molecule has 0 aliphatic carbocycles. The summed E-state index contributed by atoms with van der Waals surface area (Å²) >= 11 is 0. The molecule has 1 atom stereocenters. The average molecular weight is 292 g/mol. The number of benzene rings is 1. The first-order chi connectivity index (χ1) is 10.8. The zero-order chi connectivity index (χ0) is 15.2. The molecule has 1 aromatic carbocycles. The van der Waals surface area contributed by atoms with E-state index in [9.17, 15) is 4.79 Å². The fraction of sp³-hybridized carbons (Fsp3) is 0.263. The van der Waals surface area contributed by atoms with E-state index in [4.69, 9.17) is 0 Å². The zero-order valence-electron chi connectivity index (χ0n) is 12.6. The van der Waals surface area contributed by atoms with Crippen LogP contribution >= 0.6 is 0 Å². The molecule has 0 spiro atoms. The number of amides is 1. The van der Waals surface area contributed by atoms with Crippen LogP contribution in [0.1, 0.15) is 17.5 Å². The van der Waals surface area contributed by atoms with Crippen molar-refractivity contribution in [2.45, 2.75) is 12.8 Å². The molecule has 1 aliphatic heterocycles. The summed E-state index contributed by atoms with van der Waals surface area (Å²) in [4.78, 5) is 18.2. The second-order valence-corrected chi connectivity index (χ2v) is 5.75. The first-order valence-corrected chi connectivity index (χ1v) is 7.72. The Hall–Kier alpha value is -2.42. The van der Waals surface area contributed by atoms with Crippen LogP contribution in [0.15, 0.2) is 60.9 Å².